The van der Waals surface area contributed by atoms with E-state index >= 15 is 0 Å². The summed E-state index contributed by atoms with van der Waals surface area (Å²) >= 11 is 5.97. The number of carbonyl (C=O) groups is 1. The number of hydrogen-bond donors (Lipinski definition) is 1. The summed E-state index contributed by atoms with van der Waals surface area (Å²) in [5.74, 6) is 2.27. The first-order valence-electron chi connectivity index (χ1n) is 8.31. The number of nitrogens with zero attached hydrogens (tertiary/aromatic N) is 1. The van der Waals surface area contributed by atoms with E-state index in [-0.39, 0.29) is 12.3 Å². The molecule has 1 N–H and O–H groups in total. The van der Waals surface area contributed by atoms with Crippen molar-refractivity contribution in [2.45, 2.75) is 12.8 Å². The van der Waals surface area contributed by atoms with Crippen LogP contribution >= 0.6 is 11.6 Å². The minimum absolute atomic E-state index is 0.181. The van der Waals surface area contributed by atoms with Gasteiger partial charge >= 0.3 is 0 Å². The number of rotatable bonds is 7. The van der Waals surface area contributed by atoms with Crippen LogP contribution in [0.1, 0.15) is 12.3 Å². The zero-order valence-corrected chi connectivity index (χ0v) is 15.7. The molecule has 0 aliphatic carbocycles. The summed E-state index contributed by atoms with van der Waals surface area (Å²) in [6, 6.07) is 12.5. The number of nitrogens with one attached hydrogen (secondary N) is 1. The van der Waals surface area contributed by atoms with Gasteiger partial charge in [0.25, 0.3) is 0 Å². The lowest BCUT2D eigenvalue weighted by Crippen LogP contribution is -2.13. The van der Waals surface area contributed by atoms with Crippen molar-refractivity contribution in [1.82, 2.24) is 4.98 Å². The average molecular weight is 387 g/mol. The molecule has 3 aromatic rings. The molecule has 0 atom stereocenters. The second kappa shape index (κ2) is 8.60. The number of benzene rings is 2. The summed E-state index contributed by atoms with van der Waals surface area (Å²) in [7, 11) is 3.15. The van der Waals surface area contributed by atoms with Crippen molar-refractivity contribution in [3.63, 3.8) is 0 Å². The third-order valence-corrected chi connectivity index (χ3v) is 4.16. The number of aromatic nitrogens is 1. The molecule has 3 rings (SSSR count). The highest BCUT2D eigenvalue weighted by Gasteiger charge is 2.12. The van der Waals surface area contributed by atoms with E-state index in [9.17, 15) is 4.79 Å². The van der Waals surface area contributed by atoms with E-state index in [0.717, 1.165) is 11.3 Å². The van der Waals surface area contributed by atoms with Crippen molar-refractivity contribution >= 4 is 23.2 Å². The summed E-state index contributed by atoms with van der Waals surface area (Å²) in [6.45, 7) is 0. The molecular weight excluding hydrogens is 368 g/mol. The van der Waals surface area contributed by atoms with Gasteiger partial charge in [-0.2, -0.15) is 0 Å². The molecule has 0 saturated heterocycles. The molecule has 0 radical (unpaired) electrons. The number of oxazole rings is 1. The second-order valence-electron chi connectivity index (χ2n) is 5.74. The molecule has 0 fully saturated rings. The molecule has 2 aromatic carbocycles. The van der Waals surface area contributed by atoms with E-state index in [0.29, 0.717) is 34.5 Å². The number of aryl methyl sites for hydroxylation is 1. The van der Waals surface area contributed by atoms with E-state index in [2.05, 4.69) is 10.3 Å². The first-order chi connectivity index (χ1) is 13.1. The third-order valence-electron chi connectivity index (χ3n) is 3.93. The Labute approximate surface area is 162 Å². The van der Waals surface area contributed by atoms with Crippen LogP contribution in [0.3, 0.4) is 0 Å². The Morgan fingerprint density at radius 2 is 1.93 bits per heavy atom. The standard InChI is InChI=1S/C20H19ClN2O4/c1-25-15-6-3-13(4-7-15)18-12-22-20(27-18)10-9-19(24)23-16-11-14(21)5-8-17(16)26-2/h3-8,11-12H,9-10H2,1-2H3,(H,23,24). The molecule has 0 spiro atoms. The van der Waals surface area contributed by atoms with Gasteiger partial charge in [0.05, 0.1) is 26.1 Å². The molecule has 0 unspecified atom stereocenters. The van der Waals surface area contributed by atoms with Crippen molar-refractivity contribution in [1.29, 1.82) is 0 Å². The molecule has 1 amide bonds. The van der Waals surface area contributed by atoms with Crippen LogP contribution in [0, 0.1) is 0 Å². The van der Waals surface area contributed by atoms with Gasteiger partial charge in [-0.05, 0) is 42.5 Å². The smallest absolute Gasteiger partial charge is 0.224 e. The van der Waals surface area contributed by atoms with Gasteiger partial charge in [0.15, 0.2) is 11.7 Å². The lowest BCUT2D eigenvalue weighted by Gasteiger charge is -2.10. The zero-order chi connectivity index (χ0) is 19.2. The maximum absolute atomic E-state index is 12.2. The summed E-state index contributed by atoms with van der Waals surface area (Å²) in [5, 5.41) is 3.31. The van der Waals surface area contributed by atoms with Crippen LogP contribution in [-0.2, 0) is 11.2 Å². The van der Waals surface area contributed by atoms with Crippen molar-refractivity contribution in [2.75, 3.05) is 19.5 Å². The van der Waals surface area contributed by atoms with E-state index in [4.69, 9.17) is 25.5 Å². The highest BCUT2D eigenvalue weighted by atomic mass is 35.5. The quantitative estimate of drug-likeness (QED) is 0.643. The highest BCUT2D eigenvalue weighted by Crippen LogP contribution is 2.28. The number of methoxy groups -OCH3 is 2. The van der Waals surface area contributed by atoms with E-state index in [1.54, 1.807) is 31.5 Å². The fourth-order valence-electron chi connectivity index (χ4n) is 2.53. The molecule has 0 saturated carbocycles. The first-order valence-corrected chi connectivity index (χ1v) is 8.69. The van der Waals surface area contributed by atoms with Crippen molar-refractivity contribution in [2.24, 2.45) is 0 Å². The molecule has 27 heavy (non-hydrogen) atoms. The Bertz CT molecular complexity index is 922. The summed E-state index contributed by atoms with van der Waals surface area (Å²) < 4.78 is 16.1. The van der Waals surface area contributed by atoms with Gasteiger partial charge in [-0.3, -0.25) is 4.79 Å². The van der Waals surface area contributed by atoms with E-state index in [1.165, 1.54) is 7.11 Å². The number of ether oxygens (including phenoxy) is 2. The van der Waals surface area contributed by atoms with Gasteiger partial charge in [0.2, 0.25) is 5.91 Å². The molecule has 1 heterocycles. The van der Waals surface area contributed by atoms with Crippen molar-refractivity contribution < 1.29 is 18.7 Å². The summed E-state index contributed by atoms with van der Waals surface area (Å²) in [5.41, 5.74) is 1.42. The van der Waals surface area contributed by atoms with Gasteiger partial charge < -0.3 is 19.2 Å². The summed E-state index contributed by atoms with van der Waals surface area (Å²) in [6.07, 6.45) is 2.25. The molecule has 0 bridgehead atoms. The van der Waals surface area contributed by atoms with Crippen LogP contribution in [0.4, 0.5) is 5.69 Å². The normalized spacial score (nSPS) is 10.5. The van der Waals surface area contributed by atoms with Gasteiger partial charge in [0, 0.05) is 23.4 Å². The minimum atomic E-state index is -0.181. The van der Waals surface area contributed by atoms with Crippen LogP contribution in [0.5, 0.6) is 11.5 Å². The van der Waals surface area contributed by atoms with Crippen LogP contribution in [-0.4, -0.2) is 25.1 Å². The summed E-state index contributed by atoms with van der Waals surface area (Å²) in [4.78, 5) is 16.5. The van der Waals surface area contributed by atoms with E-state index in [1.807, 2.05) is 24.3 Å². The van der Waals surface area contributed by atoms with Gasteiger partial charge in [0.1, 0.15) is 11.5 Å². The van der Waals surface area contributed by atoms with Gasteiger partial charge in [-0.25, -0.2) is 4.98 Å². The Morgan fingerprint density at radius 1 is 1.15 bits per heavy atom. The van der Waals surface area contributed by atoms with Crippen molar-refractivity contribution in [3.05, 3.63) is 59.6 Å². The van der Waals surface area contributed by atoms with Gasteiger partial charge in [-0.15, -0.1) is 0 Å². The average Bonchev–Trinajstić information content (AvgIpc) is 3.16. The Kier molecular flexibility index (Phi) is 5.98. The Morgan fingerprint density at radius 3 is 2.63 bits per heavy atom. The van der Waals surface area contributed by atoms with E-state index < -0.39 is 0 Å². The molecule has 0 aliphatic rings. The van der Waals surface area contributed by atoms with Crippen LogP contribution in [0.25, 0.3) is 11.3 Å². The van der Waals surface area contributed by atoms with Crippen LogP contribution < -0.4 is 14.8 Å². The molecule has 6 nitrogen and oxygen atoms in total. The predicted octanol–water partition coefficient (Wildman–Crippen LogP) is 4.58. The molecule has 0 aliphatic heterocycles. The zero-order valence-electron chi connectivity index (χ0n) is 15.0. The fourth-order valence-corrected chi connectivity index (χ4v) is 2.70. The predicted molar refractivity (Wildman–Crippen MR) is 103 cm³/mol. The first kappa shape index (κ1) is 18.8. The lowest BCUT2D eigenvalue weighted by molar-refractivity contribution is -0.116. The largest absolute Gasteiger partial charge is 0.497 e. The number of carbonyl (C=O) groups excluding carboxylic acids is 1. The second-order valence-corrected chi connectivity index (χ2v) is 6.18. The SMILES string of the molecule is COc1ccc(-c2cnc(CCC(=O)Nc3cc(Cl)ccc3OC)o2)cc1. The maximum Gasteiger partial charge on any atom is 0.224 e. The number of hydrogen-bond acceptors (Lipinski definition) is 5. The molecular formula is C20H19ClN2O4. The molecule has 7 heteroatoms. The topological polar surface area (TPSA) is 73.6 Å². The minimum Gasteiger partial charge on any atom is -0.497 e. The van der Waals surface area contributed by atoms with Gasteiger partial charge in [-0.1, -0.05) is 11.6 Å². The highest BCUT2D eigenvalue weighted by molar-refractivity contribution is 6.31. The molecule has 1 aromatic heterocycles. The van der Waals surface area contributed by atoms with Crippen molar-refractivity contribution in [3.8, 4) is 22.8 Å². The Hall–Kier alpha value is -2.99. The lowest BCUT2D eigenvalue weighted by atomic mass is 10.2. The van der Waals surface area contributed by atoms with Crippen LogP contribution in [0.15, 0.2) is 53.1 Å². The number of anilines is 1. The number of amides is 1. The third kappa shape index (κ3) is 4.80. The van der Waals surface area contributed by atoms with Crippen LogP contribution in [0.2, 0.25) is 5.02 Å². The number of halogens is 1. The maximum atomic E-state index is 12.2. The Balaban J connectivity index is 1.59. The fraction of sp³-hybridized carbons (Fsp3) is 0.200. The monoisotopic (exact) mass is 386 g/mol. The molecule has 140 valence electrons.